The average molecular weight is 544 g/mol. The monoisotopic (exact) mass is 543 g/mol. The summed E-state index contributed by atoms with van der Waals surface area (Å²) in [7, 11) is 3.49. The van der Waals surface area contributed by atoms with Crippen LogP contribution >= 0.6 is 11.6 Å². The molecule has 3 atom stereocenters. The van der Waals surface area contributed by atoms with Crippen molar-refractivity contribution in [1.29, 1.82) is 0 Å². The number of likely N-dealkylation sites (tertiary alicyclic amines) is 1. The van der Waals surface area contributed by atoms with Crippen LogP contribution in [0.5, 0.6) is 0 Å². The van der Waals surface area contributed by atoms with Crippen LogP contribution in [-0.2, 0) is 10.3 Å². The first-order chi connectivity index (χ1) is 17.8. The van der Waals surface area contributed by atoms with Crippen LogP contribution in [0.25, 0.3) is 0 Å². The molecular weight excluding hydrogens is 500 g/mol. The van der Waals surface area contributed by atoms with Crippen molar-refractivity contribution in [1.82, 2.24) is 15.5 Å². The fraction of sp³-hybridized carbons (Fsp3) is 0.750. The number of urea groups is 1. The SMILES string of the molecule is CNCC(CC1CCC(F)CC1)NC(=O)N1CCC[C@@H]([C@@](O)(CCCCOC)c2cccc(Cl)c2F)C1. The van der Waals surface area contributed by atoms with E-state index < -0.39 is 17.6 Å². The molecule has 3 N–H and O–H groups in total. The third-order valence-corrected chi connectivity index (χ3v) is 8.42. The lowest BCUT2D eigenvalue weighted by molar-refractivity contribution is -0.0587. The minimum Gasteiger partial charge on any atom is -0.385 e. The van der Waals surface area contributed by atoms with Crippen molar-refractivity contribution in [2.24, 2.45) is 11.8 Å². The molecule has 37 heavy (non-hydrogen) atoms. The van der Waals surface area contributed by atoms with E-state index in [0.29, 0.717) is 64.3 Å². The van der Waals surface area contributed by atoms with Gasteiger partial charge >= 0.3 is 6.03 Å². The Bertz CT molecular complexity index is 856. The topological polar surface area (TPSA) is 73.8 Å². The Morgan fingerprint density at radius 1 is 1.27 bits per heavy atom. The van der Waals surface area contributed by atoms with Gasteiger partial charge in [0.1, 0.15) is 12.0 Å². The number of ether oxygens (including phenoxy) is 1. The van der Waals surface area contributed by atoms with E-state index in [2.05, 4.69) is 10.6 Å². The van der Waals surface area contributed by atoms with Gasteiger partial charge in [-0.15, -0.1) is 0 Å². The molecule has 6 nitrogen and oxygen atoms in total. The fourth-order valence-electron chi connectivity index (χ4n) is 6.05. The van der Waals surface area contributed by atoms with Crippen molar-refractivity contribution >= 4 is 17.6 Å². The highest BCUT2D eigenvalue weighted by Gasteiger charge is 2.43. The second-order valence-electron chi connectivity index (χ2n) is 10.8. The molecular formula is C28H44ClF2N3O3. The van der Waals surface area contributed by atoms with Crippen molar-refractivity contribution in [2.75, 3.05) is 40.4 Å². The number of methoxy groups -OCH3 is 1. The zero-order valence-electron chi connectivity index (χ0n) is 22.3. The molecule has 2 fully saturated rings. The van der Waals surface area contributed by atoms with Crippen molar-refractivity contribution in [3.8, 4) is 0 Å². The molecule has 3 rings (SSSR count). The Labute approximate surface area is 225 Å². The largest absolute Gasteiger partial charge is 0.385 e. The van der Waals surface area contributed by atoms with Crippen LogP contribution in [0.2, 0.25) is 5.02 Å². The second-order valence-corrected chi connectivity index (χ2v) is 11.2. The number of amides is 2. The molecule has 210 valence electrons. The molecule has 1 aliphatic heterocycles. The van der Waals surface area contributed by atoms with Gasteiger partial charge in [0.25, 0.3) is 0 Å². The number of nitrogens with one attached hydrogen (secondary N) is 2. The van der Waals surface area contributed by atoms with Crippen LogP contribution in [0.15, 0.2) is 18.2 Å². The third-order valence-electron chi connectivity index (χ3n) is 8.13. The zero-order chi connectivity index (χ0) is 26.8. The normalized spacial score (nSPS) is 24.9. The second kappa shape index (κ2) is 14.6. The molecule has 2 amide bonds. The van der Waals surface area contributed by atoms with Gasteiger partial charge < -0.3 is 25.4 Å². The van der Waals surface area contributed by atoms with E-state index in [9.17, 15) is 14.3 Å². The van der Waals surface area contributed by atoms with Gasteiger partial charge in [0, 0.05) is 50.9 Å². The maximum atomic E-state index is 15.1. The summed E-state index contributed by atoms with van der Waals surface area (Å²) < 4.78 is 33.9. The predicted octanol–water partition coefficient (Wildman–Crippen LogP) is 5.41. The van der Waals surface area contributed by atoms with E-state index >= 15 is 4.39 Å². The fourth-order valence-corrected chi connectivity index (χ4v) is 6.23. The standard InChI is InChI=1S/C28H44ClF2N3O3/c1-32-18-23(17-20-10-12-22(30)13-11-20)33-27(35)34-15-6-7-21(19-34)28(36,14-3-4-16-37-2)24-8-5-9-25(29)26(24)31/h5,8-9,20-23,32,36H,3-4,6-7,10-19H2,1-2H3,(H,33,35)/t20?,21-,22?,23?,28+/m1/s1. The van der Waals surface area contributed by atoms with Crippen molar-refractivity contribution < 1.29 is 23.4 Å². The van der Waals surface area contributed by atoms with E-state index in [1.807, 2.05) is 7.05 Å². The van der Waals surface area contributed by atoms with Crippen LogP contribution in [-0.4, -0.2) is 68.6 Å². The number of carbonyl (C=O) groups is 1. The summed E-state index contributed by atoms with van der Waals surface area (Å²) in [6.07, 6.45) is 6.18. The summed E-state index contributed by atoms with van der Waals surface area (Å²) in [4.78, 5) is 15.1. The Morgan fingerprint density at radius 3 is 2.73 bits per heavy atom. The maximum Gasteiger partial charge on any atom is 0.317 e. The molecule has 2 aliphatic rings. The van der Waals surface area contributed by atoms with E-state index in [4.69, 9.17) is 16.3 Å². The molecule has 0 bridgehead atoms. The first-order valence-electron chi connectivity index (χ1n) is 13.8. The number of benzene rings is 1. The lowest BCUT2D eigenvalue weighted by atomic mass is 9.74. The molecule has 1 heterocycles. The van der Waals surface area contributed by atoms with E-state index in [1.165, 1.54) is 6.07 Å². The number of nitrogens with zero attached hydrogens (tertiary/aromatic N) is 1. The number of aliphatic hydroxyl groups is 1. The van der Waals surface area contributed by atoms with E-state index in [1.54, 1.807) is 24.1 Å². The molecule has 1 saturated carbocycles. The minimum absolute atomic E-state index is 0.0186. The van der Waals surface area contributed by atoms with Gasteiger partial charge in [-0.1, -0.05) is 23.7 Å². The van der Waals surface area contributed by atoms with Gasteiger partial charge in [-0.3, -0.25) is 0 Å². The molecule has 1 aromatic rings. The summed E-state index contributed by atoms with van der Waals surface area (Å²) in [5.41, 5.74) is -1.25. The van der Waals surface area contributed by atoms with Gasteiger partial charge in [0.15, 0.2) is 0 Å². The summed E-state index contributed by atoms with van der Waals surface area (Å²) in [5, 5.41) is 18.3. The summed E-state index contributed by atoms with van der Waals surface area (Å²) in [6, 6.07) is 4.52. The number of hydrogen-bond donors (Lipinski definition) is 3. The molecule has 0 spiro atoms. The average Bonchev–Trinajstić information content (AvgIpc) is 2.89. The van der Waals surface area contributed by atoms with Crippen LogP contribution in [0.1, 0.15) is 69.8 Å². The Kier molecular flexibility index (Phi) is 11.9. The van der Waals surface area contributed by atoms with E-state index in [0.717, 1.165) is 32.1 Å². The number of carbonyl (C=O) groups excluding carboxylic acids is 1. The predicted molar refractivity (Wildman–Crippen MR) is 143 cm³/mol. The molecule has 0 radical (unpaired) electrons. The lowest BCUT2D eigenvalue weighted by Crippen LogP contribution is -2.54. The molecule has 1 aromatic carbocycles. The van der Waals surface area contributed by atoms with Crippen molar-refractivity contribution in [2.45, 2.75) is 82.0 Å². The Morgan fingerprint density at radius 2 is 2.03 bits per heavy atom. The van der Waals surface area contributed by atoms with Crippen LogP contribution in [0.3, 0.4) is 0 Å². The third kappa shape index (κ3) is 8.25. The van der Waals surface area contributed by atoms with Crippen molar-refractivity contribution in [3.05, 3.63) is 34.6 Å². The van der Waals surface area contributed by atoms with Gasteiger partial charge in [-0.2, -0.15) is 0 Å². The molecule has 1 aliphatic carbocycles. The summed E-state index contributed by atoms with van der Waals surface area (Å²) >= 11 is 6.09. The lowest BCUT2D eigenvalue weighted by Gasteiger charge is -2.43. The minimum atomic E-state index is -1.45. The van der Waals surface area contributed by atoms with Gasteiger partial charge in [-0.25, -0.2) is 13.6 Å². The molecule has 0 aromatic heterocycles. The first kappa shape index (κ1) is 30.1. The van der Waals surface area contributed by atoms with Gasteiger partial charge in [0.2, 0.25) is 0 Å². The molecule has 9 heteroatoms. The first-order valence-corrected chi connectivity index (χ1v) is 14.2. The van der Waals surface area contributed by atoms with E-state index in [-0.39, 0.29) is 28.6 Å². The Hall–Kier alpha value is -1.48. The molecule has 1 saturated heterocycles. The summed E-state index contributed by atoms with van der Waals surface area (Å²) in [6.45, 7) is 2.11. The van der Waals surface area contributed by atoms with Gasteiger partial charge in [-0.05, 0) is 83.2 Å². The van der Waals surface area contributed by atoms with Gasteiger partial charge in [0.05, 0.1) is 10.6 Å². The highest BCUT2D eigenvalue weighted by atomic mass is 35.5. The number of hydrogen-bond acceptors (Lipinski definition) is 4. The van der Waals surface area contributed by atoms with Crippen LogP contribution in [0, 0.1) is 17.7 Å². The number of likely N-dealkylation sites (N-methyl/N-ethyl adjacent to an activating group) is 1. The number of halogens is 3. The number of unbranched alkanes of at least 4 members (excludes halogenated alkanes) is 1. The summed E-state index contributed by atoms with van der Waals surface area (Å²) in [5.74, 6) is -0.523. The highest BCUT2D eigenvalue weighted by molar-refractivity contribution is 6.30. The number of piperidine rings is 1. The number of rotatable bonds is 12. The molecule has 1 unspecified atom stereocenters. The maximum absolute atomic E-state index is 15.1. The van der Waals surface area contributed by atoms with Crippen molar-refractivity contribution in [3.63, 3.8) is 0 Å². The van der Waals surface area contributed by atoms with Crippen LogP contribution in [0.4, 0.5) is 13.6 Å². The highest BCUT2D eigenvalue weighted by Crippen LogP contribution is 2.42. The Balaban J connectivity index is 1.70. The van der Waals surface area contributed by atoms with Crippen LogP contribution < -0.4 is 10.6 Å². The quantitative estimate of drug-likeness (QED) is 0.308. The number of alkyl halides is 1. The zero-order valence-corrected chi connectivity index (χ0v) is 23.0. The smallest absolute Gasteiger partial charge is 0.317 e.